The average Bonchev–Trinajstić information content (AvgIpc) is 2.68. The van der Waals surface area contributed by atoms with Crippen LogP contribution < -0.4 is 15.8 Å². The number of benzene rings is 1. The fourth-order valence-electron chi connectivity index (χ4n) is 3.01. The third-order valence-electron chi connectivity index (χ3n) is 4.53. The van der Waals surface area contributed by atoms with Gasteiger partial charge < -0.3 is 15.0 Å². The summed E-state index contributed by atoms with van der Waals surface area (Å²) in [5, 5.41) is 7.79. The molecule has 1 aromatic heterocycles. The molecule has 0 atom stereocenters. The van der Waals surface area contributed by atoms with Gasteiger partial charge in [0.25, 0.3) is 5.56 Å². The van der Waals surface area contributed by atoms with Crippen LogP contribution in [0.5, 0.6) is 0 Å². The molecule has 0 unspecified atom stereocenters. The summed E-state index contributed by atoms with van der Waals surface area (Å²) in [5.74, 6) is -0.213. The van der Waals surface area contributed by atoms with Crippen molar-refractivity contribution in [3.63, 3.8) is 0 Å². The van der Waals surface area contributed by atoms with Gasteiger partial charge in [-0.3, -0.25) is 9.59 Å². The van der Waals surface area contributed by atoms with Gasteiger partial charge in [-0.1, -0.05) is 23.7 Å². The molecule has 2 heterocycles. The first-order chi connectivity index (χ1) is 13.1. The van der Waals surface area contributed by atoms with Crippen molar-refractivity contribution in [1.29, 1.82) is 0 Å². The fraction of sp³-hybridized carbons (Fsp3) is 0.421. The Morgan fingerprint density at radius 3 is 2.67 bits per heavy atom. The maximum absolute atomic E-state index is 12.2. The van der Waals surface area contributed by atoms with E-state index >= 15 is 0 Å². The number of nitrogens with one attached hydrogen (secondary N) is 2. The number of carbonyl (C=O) groups is 1. The van der Waals surface area contributed by atoms with E-state index in [9.17, 15) is 9.59 Å². The van der Waals surface area contributed by atoms with Gasteiger partial charge in [-0.05, 0) is 18.2 Å². The minimum atomic E-state index is -0.305. The molecule has 0 spiro atoms. The number of amides is 1. The number of ether oxygens (including phenoxy) is 1. The third-order valence-corrected chi connectivity index (χ3v) is 4.78. The van der Waals surface area contributed by atoms with Crippen molar-refractivity contribution >= 4 is 17.5 Å². The van der Waals surface area contributed by atoms with Crippen LogP contribution in [0, 0.1) is 0 Å². The average molecular weight is 392 g/mol. The molecule has 3 rings (SSSR count). The summed E-state index contributed by atoms with van der Waals surface area (Å²) < 4.78 is 6.52. The van der Waals surface area contributed by atoms with Gasteiger partial charge in [0.2, 0.25) is 5.91 Å². The number of halogens is 1. The van der Waals surface area contributed by atoms with E-state index < -0.39 is 0 Å². The lowest BCUT2D eigenvalue weighted by atomic mass is 10.1. The summed E-state index contributed by atoms with van der Waals surface area (Å²) in [6, 6.07) is 10.2. The summed E-state index contributed by atoms with van der Waals surface area (Å²) in [5.41, 5.74) is 1.15. The van der Waals surface area contributed by atoms with Gasteiger partial charge in [-0.25, -0.2) is 4.68 Å². The molecule has 8 heteroatoms. The van der Waals surface area contributed by atoms with Crippen molar-refractivity contribution in [1.82, 2.24) is 15.1 Å². The molecule has 0 bridgehead atoms. The van der Waals surface area contributed by atoms with Gasteiger partial charge in [0.15, 0.2) is 0 Å². The van der Waals surface area contributed by atoms with Crippen molar-refractivity contribution in [2.45, 2.75) is 13.0 Å². The van der Waals surface area contributed by atoms with Crippen LogP contribution in [0.15, 0.2) is 41.2 Å². The van der Waals surface area contributed by atoms with Gasteiger partial charge in [-0.15, -0.1) is 0 Å². The first kappa shape index (κ1) is 19.5. The van der Waals surface area contributed by atoms with Crippen LogP contribution in [0.25, 0.3) is 11.3 Å². The minimum Gasteiger partial charge on any atom is -0.370 e. The molecular weight excluding hydrogens is 368 g/mol. The molecule has 1 aliphatic rings. The highest BCUT2D eigenvalue weighted by atomic mass is 35.5. The predicted octanol–water partition coefficient (Wildman–Crippen LogP) is -0.0149. The van der Waals surface area contributed by atoms with Crippen molar-refractivity contribution in [3.05, 3.63) is 51.8 Å². The second-order valence-corrected chi connectivity index (χ2v) is 6.97. The molecular formula is C19H24ClN4O3+. The summed E-state index contributed by atoms with van der Waals surface area (Å²) in [7, 11) is 0. The van der Waals surface area contributed by atoms with E-state index in [1.807, 2.05) is 12.1 Å². The maximum atomic E-state index is 12.2. The topological polar surface area (TPSA) is 77.7 Å². The highest BCUT2D eigenvalue weighted by Crippen LogP contribution is 2.18. The standard InChI is InChI=1S/C19H23ClN4O3/c20-16-4-2-15(3-5-16)17-6-7-19(26)24(22-17)14-18(25)21-8-1-9-23-10-12-27-13-11-23/h2-7H,1,8-14H2,(H,21,25)/p+1. The molecule has 7 nitrogen and oxygen atoms in total. The molecule has 27 heavy (non-hydrogen) atoms. The molecule has 2 aromatic rings. The van der Waals surface area contributed by atoms with E-state index in [1.54, 1.807) is 18.2 Å². The maximum Gasteiger partial charge on any atom is 0.267 e. The van der Waals surface area contributed by atoms with E-state index in [0.717, 1.165) is 44.8 Å². The molecule has 0 radical (unpaired) electrons. The highest BCUT2D eigenvalue weighted by Gasteiger charge is 2.13. The van der Waals surface area contributed by atoms with E-state index in [4.69, 9.17) is 16.3 Å². The van der Waals surface area contributed by atoms with E-state index in [-0.39, 0.29) is 18.0 Å². The zero-order valence-electron chi connectivity index (χ0n) is 15.1. The third kappa shape index (κ3) is 5.89. The molecule has 0 saturated carbocycles. The van der Waals surface area contributed by atoms with Gasteiger partial charge in [0.1, 0.15) is 19.6 Å². The number of aromatic nitrogens is 2. The molecule has 1 amide bonds. The van der Waals surface area contributed by atoms with Crippen LogP contribution in [-0.4, -0.2) is 55.1 Å². The second-order valence-electron chi connectivity index (χ2n) is 6.54. The van der Waals surface area contributed by atoms with Crippen LogP contribution in [-0.2, 0) is 16.1 Å². The molecule has 1 aliphatic heterocycles. The highest BCUT2D eigenvalue weighted by molar-refractivity contribution is 6.30. The normalized spacial score (nSPS) is 14.9. The quantitative estimate of drug-likeness (QED) is 0.651. The SMILES string of the molecule is O=C(Cn1nc(-c2ccc(Cl)cc2)ccc1=O)NCCC[NH+]1CCOCC1. The largest absolute Gasteiger partial charge is 0.370 e. The van der Waals surface area contributed by atoms with Gasteiger partial charge >= 0.3 is 0 Å². The van der Waals surface area contributed by atoms with Crippen molar-refractivity contribution < 1.29 is 14.4 Å². The Kier molecular flexibility index (Phi) is 6.98. The number of morpholine rings is 1. The van der Waals surface area contributed by atoms with Crippen LogP contribution in [0.1, 0.15) is 6.42 Å². The fourth-order valence-corrected chi connectivity index (χ4v) is 3.13. The molecule has 1 aromatic carbocycles. The van der Waals surface area contributed by atoms with Crippen LogP contribution in [0.2, 0.25) is 5.02 Å². The van der Waals surface area contributed by atoms with E-state index in [0.29, 0.717) is 17.3 Å². The molecule has 1 fully saturated rings. The number of hydrogen-bond donors (Lipinski definition) is 2. The van der Waals surface area contributed by atoms with Gasteiger partial charge in [-0.2, -0.15) is 5.10 Å². The zero-order valence-corrected chi connectivity index (χ0v) is 15.9. The lowest BCUT2D eigenvalue weighted by Crippen LogP contribution is -3.14. The van der Waals surface area contributed by atoms with Crippen LogP contribution in [0.4, 0.5) is 0 Å². The minimum absolute atomic E-state index is 0.0926. The van der Waals surface area contributed by atoms with E-state index in [1.165, 1.54) is 15.6 Å². The van der Waals surface area contributed by atoms with Gasteiger partial charge in [0.05, 0.1) is 25.5 Å². The van der Waals surface area contributed by atoms with Crippen molar-refractivity contribution in [3.8, 4) is 11.3 Å². The summed E-state index contributed by atoms with van der Waals surface area (Å²) in [6.07, 6.45) is 0.897. The Morgan fingerprint density at radius 1 is 1.19 bits per heavy atom. The summed E-state index contributed by atoms with van der Waals surface area (Å²) in [4.78, 5) is 25.7. The number of carbonyl (C=O) groups excluding carboxylic acids is 1. The predicted molar refractivity (Wildman–Crippen MR) is 103 cm³/mol. The molecule has 0 aliphatic carbocycles. The lowest BCUT2D eigenvalue weighted by Gasteiger charge is -2.23. The van der Waals surface area contributed by atoms with E-state index in [2.05, 4.69) is 10.4 Å². The summed E-state index contributed by atoms with van der Waals surface area (Å²) in [6.45, 7) is 5.16. The van der Waals surface area contributed by atoms with Crippen LogP contribution >= 0.6 is 11.6 Å². The first-order valence-corrected chi connectivity index (χ1v) is 9.52. The summed E-state index contributed by atoms with van der Waals surface area (Å²) >= 11 is 5.90. The number of quaternary nitrogens is 1. The Morgan fingerprint density at radius 2 is 1.93 bits per heavy atom. The Bertz CT molecular complexity index is 816. The second kappa shape index (κ2) is 9.64. The molecule has 2 N–H and O–H groups in total. The Balaban J connectivity index is 1.51. The van der Waals surface area contributed by atoms with Crippen molar-refractivity contribution in [2.24, 2.45) is 0 Å². The van der Waals surface area contributed by atoms with Gasteiger partial charge in [0, 0.05) is 29.6 Å². The number of hydrogen-bond acceptors (Lipinski definition) is 4. The Hall–Kier alpha value is -2.22. The van der Waals surface area contributed by atoms with Crippen LogP contribution in [0.3, 0.4) is 0 Å². The first-order valence-electron chi connectivity index (χ1n) is 9.14. The molecule has 1 saturated heterocycles. The monoisotopic (exact) mass is 391 g/mol. The molecule has 144 valence electrons. The Labute approximate surface area is 162 Å². The lowest BCUT2D eigenvalue weighted by molar-refractivity contribution is -0.908. The van der Waals surface area contributed by atoms with Crippen molar-refractivity contribution in [2.75, 3.05) is 39.4 Å². The number of rotatable bonds is 7. The zero-order chi connectivity index (χ0) is 19.1. The number of nitrogens with zero attached hydrogens (tertiary/aromatic N) is 2. The smallest absolute Gasteiger partial charge is 0.267 e.